The van der Waals surface area contributed by atoms with Gasteiger partial charge in [-0.1, -0.05) is 6.92 Å². The van der Waals surface area contributed by atoms with Gasteiger partial charge in [0.2, 0.25) is 5.91 Å². The summed E-state index contributed by atoms with van der Waals surface area (Å²) < 4.78 is 5.19. The van der Waals surface area contributed by atoms with Crippen molar-refractivity contribution >= 4 is 5.91 Å². The van der Waals surface area contributed by atoms with Crippen LogP contribution in [0.25, 0.3) is 0 Å². The lowest BCUT2D eigenvalue weighted by Crippen LogP contribution is -2.54. The zero-order valence-corrected chi connectivity index (χ0v) is 11.6. The third-order valence-corrected chi connectivity index (χ3v) is 3.66. The van der Waals surface area contributed by atoms with Crippen molar-refractivity contribution in [1.29, 1.82) is 0 Å². The Labute approximate surface area is 114 Å². The molecule has 1 fully saturated rings. The monoisotopic (exact) mass is 265 g/mol. The molecule has 3 unspecified atom stereocenters. The minimum absolute atomic E-state index is 0.0256. The molecule has 0 radical (unpaired) electrons. The number of nitrogens with one attached hydrogen (secondary N) is 1. The Balaban J connectivity index is 1.84. The molecule has 0 aromatic carbocycles. The van der Waals surface area contributed by atoms with E-state index in [1.165, 1.54) is 0 Å². The van der Waals surface area contributed by atoms with E-state index in [2.05, 4.69) is 17.1 Å². The van der Waals surface area contributed by atoms with Gasteiger partial charge in [-0.15, -0.1) is 0 Å². The van der Waals surface area contributed by atoms with E-state index in [9.17, 15) is 4.79 Å². The second-order valence-corrected chi connectivity index (χ2v) is 5.53. The summed E-state index contributed by atoms with van der Waals surface area (Å²) in [5.74, 6) is 1.34. The van der Waals surface area contributed by atoms with Gasteiger partial charge in [0, 0.05) is 19.1 Å². The lowest BCUT2D eigenvalue weighted by Gasteiger charge is -2.37. The molecule has 1 aliphatic rings. The van der Waals surface area contributed by atoms with Gasteiger partial charge >= 0.3 is 0 Å². The van der Waals surface area contributed by atoms with Crippen molar-refractivity contribution in [3.05, 3.63) is 24.2 Å². The number of hydrogen-bond donors (Lipinski definition) is 2. The van der Waals surface area contributed by atoms with Gasteiger partial charge in [0.15, 0.2) is 0 Å². The number of hydrogen-bond acceptors (Lipinski definition) is 4. The highest BCUT2D eigenvalue weighted by Gasteiger charge is 2.28. The first-order valence-corrected chi connectivity index (χ1v) is 6.86. The fraction of sp³-hybridized carbons (Fsp3) is 0.643. The number of likely N-dealkylation sites (tertiary alicyclic amines) is 1. The Morgan fingerprint density at radius 3 is 3.05 bits per heavy atom. The van der Waals surface area contributed by atoms with Gasteiger partial charge in [-0.25, -0.2) is 0 Å². The number of nitrogens with two attached hydrogens (primary N) is 1. The van der Waals surface area contributed by atoms with Crippen LogP contribution < -0.4 is 11.1 Å². The van der Waals surface area contributed by atoms with Gasteiger partial charge in [0.1, 0.15) is 5.76 Å². The van der Waals surface area contributed by atoms with Crippen molar-refractivity contribution in [3.8, 4) is 0 Å². The zero-order valence-electron chi connectivity index (χ0n) is 11.6. The van der Waals surface area contributed by atoms with Crippen LogP contribution in [0.4, 0.5) is 0 Å². The molecule has 5 heteroatoms. The molecule has 1 aromatic rings. The van der Waals surface area contributed by atoms with E-state index >= 15 is 0 Å². The number of carbonyl (C=O) groups excluding carboxylic acids is 1. The maximum Gasteiger partial charge on any atom is 0.237 e. The maximum atomic E-state index is 12.1. The first kappa shape index (κ1) is 14.1. The average Bonchev–Trinajstić information content (AvgIpc) is 2.87. The van der Waals surface area contributed by atoms with E-state index in [0.29, 0.717) is 12.5 Å². The summed E-state index contributed by atoms with van der Waals surface area (Å²) in [5, 5.41) is 2.90. The van der Waals surface area contributed by atoms with Gasteiger partial charge in [0.25, 0.3) is 0 Å². The lowest BCUT2D eigenvalue weighted by atomic mass is 9.95. The molecule has 1 amide bonds. The van der Waals surface area contributed by atoms with Crippen LogP contribution in [0.5, 0.6) is 0 Å². The summed E-state index contributed by atoms with van der Waals surface area (Å²) in [7, 11) is 0. The molecule has 0 saturated carbocycles. The van der Waals surface area contributed by atoms with Crippen molar-refractivity contribution in [3.63, 3.8) is 0 Å². The molecule has 3 atom stereocenters. The summed E-state index contributed by atoms with van der Waals surface area (Å²) in [6.45, 7) is 6.27. The molecule has 1 aromatic heterocycles. The van der Waals surface area contributed by atoms with E-state index in [1.54, 1.807) is 6.26 Å². The van der Waals surface area contributed by atoms with E-state index in [0.717, 1.165) is 25.3 Å². The number of amides is 1. The minimum Gasteiger partial charge on any atom is -0.467 e. The third kappa shape index (κ3) is 3.81. The van der Waals surface area contributed by atoms with Crippen LogP contribution in [0.1, 0.15) is 26.0 Å². The quantitative estimate of drug-likeness (QED) is 0.850. The van der Waals surface area contributed by atoms with E-state index in [-0.39, 0.29) is 18.0 Å². The predicted molar refractivity (Wildman–Crippen MR) is 73.3 cm³/mol. The van der Waals surface area contributed by atoms with Crippen LogP contribution >= 0.6 is 0 Å². The van der Waals surface area contributed by atoms with Gasteiger partial charge in [-0.05, 0) is 31.4 Å². The van der Waals surface area contributed by atoms with Crippen LogP contribution in [0.2, 0.25) is 0 Å². The molecule has 0 aliphatic carbocycles. The smallest absolute Gasteiger partial charge is 0.237 e. The number of nitrogens with zero attached hydrogens (tertiary/aromatic N) is 1. The van der Waals surface area contributed by atoms with Crippen molar-refractivity contribution in [2.45, 2.75) is 38.9 Å². The number of carbonyl (C=O) groups is 1. The molecule has 3 N–H and O–H groups in total. The highest BCUT2D eigenvalue weighted by Crippen LogP contribution is 2.17. The lowest BCUT2D eigenvalue weighted by molar-refractivity contribution is -0.126. The summed E-state index contributed by atoms with van der Waals surface area (Å²) in [4.78, 5) is 14.3. The molecule has 1 saturated heterocycles. The molecule has 1 aliphatic heterocycles. The van der Waals surface area contributed by atoms with Crippen LogP contribution in [-0.4, -0.2) is 36.0 Å². The fourth-order valence-electron chi connectivity index (χ4n) is 2.66. The molecule has 2 heterocycles. The van der Waals surface area contributed by atoms with Crippen LogP contribution in [0.3, 0.4) is 0 Å². The van der Waals surface area contributed by atoms with E-state index in [1.807, 2.05) is 19.1 Å². The van der Waals surface area contributed by atoms with Crippen molar-refractivity contribution in [2.75, 3.05) is 13.1 Å². The molecule has 5 nitrogen and oxygen atoms in total. The van der Waals surface area contributed by atoms with E-state index < -0.39 is 0 Å². The number of piperidine rings is 1. The largest absolute Gasteiger partial charge is 0.467 e. The predicted octanol–water partition coefficient (Wildman–Crippen LogP) is 0.953. The minimum atomic E-state index is -0.149. The average molecular weight is 265 g/mol. The molecule has 2 rings (SSSR count). The Kier molecular flexibility index (Phi) is 4.61. The second kappa shape index (κ2) is 6.21. The molecule has 106 valence electrons. The Morgan fingerprint density at radius 1 is 1.63 bits per heavy atom. The third-order valence-electron chi connectivity index (χ3n) is 3.66. The van der Waals surface area contributed by atoms with Gasteiger partial charge in [-0.3, -0.25) is 9.69 Å². The zero-order chi connectivity index (χ0) is 13.8. The van der Waals surface area contributed by atoms with Gasteiger partial charge < -0.3 is 15.5 Å². The Hall–Kier alpha value is -1.33. The summed E-state index contributed by atoms with van der Waals surface area (Å²) in [5.41, 5.74) is 6.02. The first-order chi connectivity index (χ1) is 9.06. The van der Waals surface area contributed by atoms with Crippen LogP contribution in [0, 0.1) is 5.92 Å². The number of rotatable bonds is 4. The van der Waals surface area contributed by atoms with Crippen molar-refractivity contribution < 1.29 is 9.21 Å². The summed E-state index contributed by atoms with van der Waals surface area (Å²) >= 11 is 0. The van der Waals surface area contributed by atoms with Crippen LogP contribution in [-0.2, 0) is 11.3 Å². The van der Waals surface area contributed by atoms with Gasteiger partial charge in [0.05, 0.1) is 18.8 Å². The van der Waals surface area contributed by atoms with Crippen molar-refractivity contribution in [1.82, 2.24) is 10.2 Å². The maximum absolute atomic E-state index is 12.1. The highest BCUT2D eigenvalue weighted by atomic mass is 16.3. The first-order valence-electron chi connectivity index (χ1n) is 6.86. The molecule has 0 bridgehead atoms. The Morgan fingerprint density at radius 2 is 2.42 bits per heavy atom. The van der Waals surface area contributed by atoms with Crippen LogP contribution in [0.15, 0.2) is 22.8 Å². The molecular formula is C14H23N3O2. The SMILES string of the molecule is CC1CC(N)CN(C(C)C(=O)NCc2ccco2)C1. The fourth-order valence-corrected chi connectivity index (χ4v) is 2.66. The second-order valence-electron chi connectivity index (χ2n) is 5.53. The standard InChI is InChI=1S/C14H23N3O2/c1-10-6-12(15)9-17(8-10)11(2)14(18)16-7-13-4-3-5-19-13/h3-5,10-12H,6-9,15H2,1-2H3,(H,16,18). The highest BCUT2D eigenvalue weighted by molar-refractivity contribution is 5.81. The molecule has 0 spiro atoms. The molecule has 19 heavy (non-hydrogen) atoms. The van der Waals surface area contributed by atoms with Gasteiger partial charge in [-0.2, -0.15) is 0 Å². The molecular weight excluding hydrogens is 242 g/mol. The van der Waals surface area contributed by atoms with E-state index in [4.69, 9.17) is 10.2 Å². The number of furan rings is 1. The Bertz CT molecular complexity index is 395. The normalized spacial score (nSPS) is 26.1. The summed E-state index contributed by atoms with van der Waals surface area (Å²) in [6, 6.07) is 3.69. The van der Waals surface area contributed by atoms with Crippen molar-refractivity contribution in [2.24, 2.45) is 11.7 Å². The topological polar surface area (TPSA) is 71.5 Å². The summed E-state index contributed by atoms with van der Waals surface area (Å²) in [6.07, 6.45) is 2.65.